The molecular weight excluding hydrogens is 198 g/mol. The van der Waals surface area contributed by atoms with Crippen LogP contribution in [0.25, 0.3) is 0 Å². The minimum Gasteiger partial charge on any atom is -0.332 e. The molecule has 15 heavy (non-hydrogen) atoms. The number of carbonyl (C=O) groups is 1. The minimum absolute atomic E-state index is 0.320. The van der Waals surface area contributed by atoms with Crippen LogP contribution in [0.4, 0.5) is 10.5 Å². The highest BCUT2D eigenvalue weighted by Gasteiger charge is 2.02. The molecule has 78 valence electrons. The highest BCUT2D eigenvalue weighted by atomic mass is 16.2. The summed E-state index contributed by atoms with van der Waals surface area (Å²) in [4.78, 5) is 11.3. The van der Waals surface area contributed by atoms with Gasteiger partial charge in [0.1, 0.15) is 5.69 Å². The Hall–Kier alpha value is -2.38. The van der Waals surface area contributed by atoms with Crippen LogP contribution < -0.4 is 10.6 Å². The van der Waals surface area contributed by atoms with Gasteiger partial charge in [-0.25, -0.2) is 4.79 Å². The van der Waals surface area contributed by atoms with E-state index in [1.54, 1.807) is 6.20 Å². The number of anilines is 1. The average molecular weight is 207 g/mol. The van der Waals surface area contributed by atoms with Crippen LogP contribution in [-0.4, -0.2) is 31.6 Å². The molecule has 0 aliphatic heterocycles. The molecule has 0 fully saturated rings. The Morgan fingerprint density at radius 1 is 1.40 bits per heavy atom. The molecule has 4 N–H and O–H groups in total. The second-order valence-corrected chi connectivity index (χ2v) is 2.76. The van der Waals surface area contributed by atoms with Crippen LogP contribution in [0.5, 0.6) is 0 Å². The second kappa shape index (κ2) is 4.22. The largest absolute Gasteiger partial charge is 0.332 e. The standard InChI is InChI=1S/C7H9N7O/c15-7(12-5-2-9-10-3-5)8-1-6-4-11-14-13-6/h2-4H,1H2,(H,9,10)(H2,8,12,15)(H,11,13,14). The maximum Gasteiger partial charge on any atom is 0.319 e. The van der Waals surface area contributed by atoms with Gasteiger partial charge in [-0.05, 0) is 0 Å². The molecule has 0 saturated carbocycles. The molecular formula is C7H9N7O. The Balaban J connectivity index is 1.78. The van der Waals surface area contributed by atoms with Gasteiger partial charge >= 0.3 is 6.03 Å². The van der Waals surface area contributed by atoms with Gasteiger partial charge in [0.15, 0.2) is 0 Å². The zero-order chi connectivity index (χ0) is 10.5. The maximum absolute atomic E-state index is 11.3. The van der Waals surface area contributed by atoms with E-state index in [-0.39, 0.29) is 6.03 Å². The fourth-order valence-electron chi connectivity index (χ4n) is 0.976. The number of hydrogen-bond acceptors (Lipinski definition) is 4. The van der Waals surface area contributed by atoms with Crippen LogP contribution in [0.1, 0.15) is 5.69 Å². The van der Waals surface area contributed by atoms with Crippen LogP contribution in [0.3, 0.4) is 0 Å². The van der Waals surface area contributed by atoms with E-state index in [4.69, 9.17) is 0 Å². The van der Waals surface area contributed by atoms with E-state index >= 15 is 0 Å². The first-order chi connectivity index (χ1) is 7.34. The topological polar surface area (TPSA) is 111 Å². The van der Waals surface area contributed by atoms with E-state index < -0.39 is 0 Å². The molecule has 8 nitrogen and oxygen atoms in total. The molecule has 2 heterocycles. The number of aromatic nitrogens is 5. The first kappa shape index (κ1) is 9.19. The summed E-state index contributed by atoms with van der Waals surface area (Å²) in [5, 5.41) is 21.3. The summed E-state index contributed by atoms with van der Waals surface area (Å²) in [6, 6.07) is -0.320. The Bertz CT molecular complexity index is 406. The summed E-state index contributed by atoms with van der Waals surface area (Å²) in [7, 11) is 0. The van der Waals surface area contributed by atoms with Gasteiger partial charge in [0.05, 0.1) is 24.6 Å². The van der Waals surface area contributed by atoms with E-state index in [1.165, 1.54) is 12.4 Å². The van der Waals surface area contributed by atoms with E-state index in [9.17, 15) is 4.79 Å². The number of carbonyl (C=O) groups excluding carboxylic acids is 1. The molecule has 0 saturated heterocycles. The third kappa shape index (κ3) is 2.53. The summed E-state index contributed by atoms with van der Waals surface area (Å²) in [6.07, 6.45) is 4.63. The zero-order valence-electron chi connectivity index (χ0n) is 7.69. The fourth-order valence-corrected chi connectivity index (χ4v) is 0.976. The van der Waals surface area contributed by atoms with Crippen molar-refractivity contribution in [2.24, 2.45) is 0 Å². The third-order valence-electron chi connectivity index (χ3n) is 1.65. The fraction of sp³-hybridized carbons (Fsp3) is 0.143. The Morgan fingerprint density at radius 2 is 2.33 bits per heavy atom. The maximum atomic E-state index is 11.3. The lowest BCUT2D eigenvalue weighted by Crippen LogP contribution is -2.28. The van der Waals surface area contributed by atoms with Crippen LogP contribution in [0.2, 0.25) is 0 Å². The average Bonchev–Trinajstić information content (AvgIpc) is 2.86. The van der Waals surface area contributed by atoms with E-state index in [2.05, 4.69) is 36.2 Å². The highest BCUT2D eigenvalue weighted by Crippen LogP contribution is 2.00. The first-order valence-electron chi connectivity index (χ1n) is 4.23. The van der Waals surface area contributed by atoms with Crippen molar-refractivity contribution in [3.63, 3.8) is 0 Å². The lowest BCUT2D eigenvalue weighted by molar-refractivity contribution is 0.251. The molecule has 2 rings (SSSR count). The van der Waals surface area contributed by atoms with Gasteiger partial charge in [-0.3, -0.25) is 5.10 Å². The van der Waals surface area contributed by atoms with Crippen molar-refractivity contribution >= 4 is 11.7 Å². The van der Waals surface area contributed by atoms with Crippen molar-refractivity contribution in [1.82, 2.24) is 30.9 Å². The number of nitrogens with zero attached hydrogens (tertiary/aromatic N) is 3. The monoisotopic (exact) mass is 207 g/mol. The minimum atomic E-state index is -0.320. The van der Waals surface area contributed by atoms with E-state index in [0.717, 1.165) is 0 Å². The predicted octanol–water partition coefficient (Wildman–Crippen LogP) is -0.151. The van der Waals surface area contributed by atoms with Gasteiger partial charge < -0.3 is 10.6 Å². The molecule has 0 atom stereocenters. The van der Waals surface area contributed by atoms with Gasteiger partial charge in [0.2, 0.25) is 0 Å². The number of H-pyrrole nitrogens is 2. The van der Waals surface area contributed by atoms with Gasteiger partial charge in [-0.2, -0.15) is 20.5 Å². The summed E-state index contributed by atoms with van der Waals surface area (Å²) < 4.78 is 0. The highest BCUT2D eigenvalue weighted by molar-refractivity contribution is 5.88. The summed E-state index contributed by atoms with van der Waals surface area (Å²) in [6.45, 7) is 0.320. The van der Waals surface area contributed by atoms with Crippen molar-refractivity contribution in [2.45, 2.75) is 6.54 Å². The predicted molar refractivity (Wildman–Crippen MR) is 50.8 cm³/mol. The summed E-state index contributed by atoms with van der Waals surface area (Å²) in [5.74, 6) is 0. The molecule has 2 aromatic rings. The third-order valence-corrected chi connectivity index (χ3v) is 1.65. The number of urea groups is 1. The smallest absolute Gasteiger partial charge is 0.319 e. The van der Waals surface area contributed by atoms with Crippen molar-refractivity contribution in [3.8, 4) is 0 Å². The normalized spacial score (nSPS) is 9.87. The lowest BCUT2D eigenvalue weighted by Gasteiger charge is -2.02. The number of aromatic amines is 2. The number of rotatable bonds is 3. The summed E-state index contributed by atoms with van der Waals surface area (Å²) in [5.41, 5.74) is 1.27. The second-order valence-electron chi connectivity index (χ2n) is 2.76. The quantitative estimate of drug-likeness (QED) is 0.560. The number of hydrogen-bond donors (Lipinski definition) is 4. The molecule has 0 aliphatic rings. The first-order valence-corrected chi connectivity index (χ1v) is 4.23. The molecule has 0 unspecified atom stereocenters. The molecule has 0 aliphatic carbocycles. The molecule has 0 bridgehead atoms. The number of nitrogens with one attached hydrogen (secondary N) is 4. The van der Waals surface area contributed by atoms with Crippen LogP contribution in [0, 0.1) is 0 Å². The van der Waals surface area contributed by atoms with Gasteiger partial charge in [-0.15, -0.1) is 0 Å². The summed E-state index contributed by atoms with van der Waals surface area (Å²) >= 11 is 0. The van der Waals surface area contributed by atoms with Crippen molar-refractivity contribution in [3.05, 3.63) is 24.3 Å². The Labute approximate surface area is 84.5 Å². The zero-order valence-corrected chi connectivity index (χ0v) is 7.69. The van der Waals surface area contributed by atoms with Crippen LogP contribution in [0.15, 0.2) is 18.6 Å². The van der Waals surface area contributed by atoms with Crippen molar-refractivity contribution in [1.29, 1.82) is 0 Å². The lowest BCUT2D eigenvalue weighted by atomic mass is 10.5. The van der Waals surface area contributed by atoms with Gasteiger partial charge in [0, 0.05) is 6.20 Å². The van der Waals surface area contributed by atoms with Gasteiger partial charge in [-0.1, -0.05) is 0 Å². The molecule has 8 heteroatoms. The molecule has 0 aromatic carbocycles. The molecule has 0 spiro atoms. The molecule has 2 amide bonds. The Kier molecular flexibility index (Phi) is 2.59. The molecule has 0 radical (unpaired) electrons. The van der Waals surface area contributed by atoms with Crippen molar-refractivity contribution < 1.29 is 4.79 Å². The SMILES string of the molecule is O=C(NCc1cn[nH]n1)Nc1cn[nH]c1. The number of amides is 2. The van der Waals surface area contributed by atoms with Crippen LogP contribution in [-0.2, 0) is 6.54 Å². The molecule has 2 aromatic heterocycles. The Morgan fingerprint density at radius 3 is 3.00 bits per heavy atom. The van der Waals surface area contributed by atoms with E-state index in [0.29, 0.717) is 17.9 Å². The van der Waals surface area contributed by atoms with E-state index in [1.807, 2.05) is 0 Å². The van der Waals surface area contributed by atoms with Crippen LogP contribution >= 0.6 is 0 Å². The van der Waals surface area contributed by atoms with Gasteiger partial charge in [0.25, 0.3) is 0 Å². The van der Waals surface area contributed by atoms with Crippen molar-refractivity contribution in [2.75, 3.05) is 5.32 Å².